The molecule has 20 heavy (non-hydrogen) atoms. The lowest BCUT2D eigenvalue weighted by atomic mass is 10.2. The van der Waals surface area contributed by atoms with Crippen LogP contribution in [0.1, 0.15) is 18.2 Å². The number of nitrogens with zero attached hydrogens (tertiary/aromatic N) is 1. The number of benzene rings is 1. The van der Waals surface area contributed by atoms with Crippen LogP contribution in [0.4, 0.5) is 5.82 Å². The number of nitrogens with one attached hydrogen (secondary N) is 1. The molecule has 1 N–H and O–H groups in total. The summed E-state index contributed by atoms with van der Waals surface area (Å²) in [4.78, 5) is 4.43. The van der Waals surface area contributed by atoms with Crippen molar-refractivity contribution in [1.29, 1.82) is 0 Å². The lowest BCUT2D eigenvalue weighted by Gasteiger charge is -2.11. The van der Waals surface area contributed by atoms with Crippen LogP contribution in [0.15, 0.2) is 30.3 Å². The third-order valence-electron chi connectivity index (χ3n) is 2.79. The van der Waals surface area contributed by atoms with Crippen molar-refractivity contribution in [1.82, 2.24) is 4.98 Å². The highest BCUT2D eigenvalue weighted by Gasteiger charge is 2.07. The van der Waals surface area contributed by atoms with Gasteiger partial charge in [-0.1, -0.05) is 29.3 Å². The average Bonchev–Trinajstić information content (AvgIpc) is 2.43. The van der Waals surface area contributed by atoms with Crippen molar-refractivity contribution < 1.29 is 4.74 Å². The van der Waals surface area contributed by atoms with Crippen molar-refractivity contribution in [3.05, 3.63) is 51.6 Å². The summed E-state index contributed by atoms with van der Waals surface area (Å²) in [5, 5.41) is 4.38. The molecule has 0 bridgehead atoms. The summed E-state index contributed by atoms with van der Waals surface area (Å²) >= 11 is 12.1. The number of anilines is 1. The van der Waals surface area contributed by atoms with Gasteiger partial charge in [-0.15, -0.1) is 0 Å². The quantitative estimate of drug-likeness (QED) is 0.868. The molecule has 2 rings (SSSR count). The number of hydrogen-bond acceptors (Lipinski definition) is 3. The molecule has 1 aromatic heterocycles. The van der Waals surface area contributed by atoms with E-state index in [0.717, 1.165) is 23.7 Å². The summed E-state index contributed by atoms with van der Waals surface area (Å²) in [6.07, 6.45) is 0. The Morgan fingerprint density at radius 2 is 2.00 bits per heavy atom. The molecule has 0 aliphatic heterocycles. The highest BCUT2D eigenvalue weighted by molar-refractivity contribution is 6.31. The highest BCUT2D eigenvalue weighted by Crippen LogP contribution is 2.25. The first-order valence-corrected chi connectivity index (χ1v) is 7.14. The van der Waals surface area contributed by atoms with Crippen LogP contribution in [0.3, 0.4) is 0 Å². The molecule has 1 aromatic carbocycles. The fraction of sp³-hybridized carbons (Fsp3) is 0.267. The molecule has 0 aliphatic rings. The third-order valence-corrected chi connectivity index (χ3v) is 3.37. The number of hydrogen-bond donors (Lipinski definition) is 1. The van der Waals surface area contributed by atoms with Gasteiger partial charge in [0.15, 0.2) is 0 Å². The largest absolute Gasteiger partial charge is 0.487 e. The Labute approximate surface area is 128 Å². The summed E-state index contributed by atoms with van der Waals surface area (Å²) in [5.74, 6) is 1.53. The van der Waals surface area contributed by atoms with E-state index in [1.807, 2.05) is 38.1 Å². The van der Waals surface area contributed by atoms with Gasteiger partial charge in [0.05, 0.1) is 10.7 Å². The first kappa shape index (κ1) is 14.9. The fourth-order valence-electron chi connectivity index (χ4n) is 1.74. The Kier molecular flexibility index (Phi) is 5.10. The minimum absolute atomic E-state index is 0.305. The van der Waals surface area contributed by atoms with Gasteiger partial charge in [-0.2, -0.15) is 0 Å². The number of aromatic nitrogens is 1. The molecule has 0 atom stereocenters. The molecule has 0 amide bonds. The zero-order chi connectivity index (χ0) is 14.5. The lowest BCUT2D eigenvalue weighted by Crippen LogP contribution is -2.05. The predicted molar refractivity (Wildman–Crippen MR) is 83.9 cm³/mol. The third kappa shape index (κ3) is 3.78. The monoisotopic (exact) mass is 310 g/mol. The summed E-state index contributed by atoms with van der Waals surface area (Å²) in [5.41, 5.74) is 1.72. The van der Waals surface area contributed by atoms with E-state index in [2.05, 4.69) is 10.3 Å². The number of rotatable bonds is 5. The van der Waals surface area contributed by atoms with Crippen LogP contribution < -0.4 is 10.1 Å². The molecule has 0 fully saturated rings. The Bertz CT molecular complexity index is 602. The van der Waals surface area contributed by atoms with Gasteiger partial charge in [-0.05, 0) is 43.7 Å². The maximum atomic E-state index is 6.14. The van der Waals surface area contributed by atoms with E-state index in [-0.39, 0.29) is 0 Å². The first-order chi connectivity index (χ1) is 9.60. The summed E-state index contributed by atoms with van der Waals surface area (Å²) in [6, 6.07) is 9.21. The van der Waals surface area contributed by atoms with E-state index in [1.54, 1.807) is 6.07 Å². The molecular formula is C15H16Cl2N2O. The first-order valence-electron chi connectivity index (χ1n) is 6.38. The van der Waals surface area contributed by atoms with Crippen molar-refractivity contribution in [3.63, 3.8) is 0 Å². The molecule has 106 valence electrons. The van der Waals surface area contributed by atoms with Gasteiger partial charge >= 0.3 is 0 Å². The molecule has 0 radical (unpaired) electrons. The summed E-state index contributed by atoms with van der Waals surface area (Å²) in [7, 11) is 0. The van der Waals surface area contributed by atoms with Gasteiger partial charge in [-0.25, -0.2) is 4.98 Å². The van der Waals surface area contributed by atoms with Crippen molar-refractivity contribution in [2.45, 2.75) is 20.5 Å². The lowest BCUT2D eigenvalue weighted by molar-refractivity contribution is 0.299. The molecule has 0 saturated carbocycles. The van der Waals surface area contributed by atoms with Gasteiger partial charge < -0.3 is 10.1 Å². The smallest absolute Gasteiger partial charge is 0.132 e. The minimum atomic E-state index is 0.305. The van der Waals surface area contributed by atoms with Gasteiger partial charge in [-0.3, -0.25) is 0 Å². The SMILES string of the molecule is CCNc1ccc(Cl)c(COc2cc(Cl)ccc2C)n1. The minimum Gasteiger partial charge on any atom is -0.487 e. The van der Waals surface area contributed by atoms with Gasteiger partial charge in [0, 0.05) is 11.6 Å². The predicted octanol–water partition coefficient (Wildman–Crippen LogP) is 4.71. The maximum absolute atomic E-state index is 6.14. The molecule has 1 heterocycles. The molecule has 0 spiro atoms. The number of aryl methyl sites for hydroxylation is 1. The Hall–Kier alpha value is -1.45. The summed E-state index contributed by atoms with van der Waals surface area (Å²) < 4.78 is 5.76. The Morgan fingerprint density at radius 1 is 1.20 bits per heavy atom. The molecule has 5 heteroatoms. The van der Waals surface area contributed by atoms with Crippen molar-refractivity contribution >= 4 is 29.0 Å². The van der Waals surface area contributed by atoms with E-state index in [9.17, 15) is 0 Å². The van der Waals surface area contributed by atoms with Gasteiger partial charge in [0.1, 0.15) is 18.2 Å². The fourth-order valence-corrected chi connectivity index (χ4v) is 2.06. The number of halogens is 2. The van der Waals surface area contributed by atoms with Crippen LogP contribution in [-0.4, -0.2) is 11.5 Å². The Balaban J connectivity index is 2.13. The molecular weight excluding hydrogens is 295 g/mol. The van der Waals surface area contributed by atoms with Crippen molar-refractivity contribution in [2.24, 2.45) is 0 Å². The number of pyridine rings is 1. The van der Waals surface area contributed by atoms with E-state index < -0.39 is 0 Å². The molecule has 0 saturated heterocycles. The van der Waals surface area contributed by atoms with Gasteiger partial charge in [0.2, 0.25) is 0 Å². The van der Waals surface area contributed by atoms with E-state index in [1.165, 1.54) is 0 Å². The van der Waals surface area contributed by atoms with E-state index in [0.29, 0.717) is 22.3 Å². The summed E-state index contributed by atoms with van der Waals surface area (Å²) in [6.45, 7) is 5.10. The second kappa shape index (κ2) is 6.82. The van der Waals surface area contributed by atoms with Crippen LogP contribution >= 0.6 is 23.2 Å². The zero-order valence-corrected chi connectivity index (χ0v) is 12.9. The maximum Gasteiger partial charge on any atom is 0.132 e. The normalized spacial score (nSPS) is 10.4. The van der Waals surface area contributed by atoms with Crippen LogP contribution in [-0.2, 0) is 6.61 Å². The molecule has 0 unspecified atom stereocenters. The zero-order valence-electron chi connectivity index (χ0n) is 11.4. The van der Waals surface area contributed by atoms with Crippen LogP contribution in [0.5, 0.6) is 5.75 Å². The van der Waals surface area contributed by atoms with Crippen LogP contribution in [0.2, 0.25) is 10.0 Å². The second-order valence-electron chi connectivity index (χ2n) is 4.35. The molecule has 2 aromatic rings. The highest BCUT2D eigenvalue weighted by atomic mass is 35.5. The van der Waals surface area contributed by atoms with Crippen molar-refractivity contribution in [2.75, 3.05) is 11.9 Å². The van der Waals surface area contributed by atoms with Crippen LogP contribution in [0, 0.1) is 6.92 Å². The second-order valence-corrected chi connectivity index (χ2v) is 5.20. The standard InChI is InChI=1S/C15H16Cl2N2O/c1-3-18-15-7-6-12(17)13(19-15)9-20-14-8-11(16)5-4-10(14)2/h4-8H,3,9H2,1-2H3,(H,18,19). The van der Waals surface area contributed by atoms with Crippen LogP contribution in [0.25, 0.3) is 0 Å². The Morgan fingerprint density at radius 3 is 2.75 bits per heavy atom. The van der Waals surface area contributed by atoms with Gasteiger partial charge in [0.25, 0.3) is 0 Å². The van der Waals surface area contributed by atoms with E-state index in [4.69, 9.17) is 27.9 Å². The topological polar surface area (TPSA) is 34.1 Å². The van der Waals surface area contributed by atoms with Crippen molar-refractivity contribution in [3.8, 4) is 5.75 Å². The average molecular weight is 311 g/mol. The van der Waals surface area contributed by atoms with E-state index >= 15 is 0 Å². The number of ether oxygens (including phenoxy) is 1. The molecule has 0 aliphatic carbocycles. The molecule has 3 nitrogen and oxygen atoms in total.